The molecule has 4 aromatic rings. The van der Waals surface area contributed by atoms with Crippen LogP contribution < -0.4 is 9.64 Å². The van der Waals surface area contributed by atoms with E-state index >= 15 is 0 Å². The summed E-state index contributed by atoms with van der Waals surface area (Å²) < 4.78 is 6.40. The molecule has 170 valence electrons. The average Bonchev–Trinajstić information content (AvgIpc) is 3.38. The number of Topliss-reactive ketones (excluding diaryl/α,β-unsaturated/α-hetero) is 1. The number of thiazole rings is 1. The summed E-state index contributed by atoms with van der Waals surface area (Å²) >= 11 is 7.37. The fourth-order valence-corrected chi connectivity index (χ4v) is 5.14. The van der Waals surface area contributed by atoms with E-state index in [1.165, 1.54) is 16.2 Å². The molecule has 0 aliphatic carbocycles. The first-order valence-corrected chi connectivity index (χ1v) is 11.8. The molecule has 1 amide bonds. The minimum atomic E-state index is -0.857. The maximum absolute atomic E-state index is 13.3. The van der Waals surface area contributed by atoms with Crippen LogP contribution >= 0.6 is 22.9 Å². The van der Waals surface area contributed by atoms with Gasteiger partial charge >= 0.3 is 5.91 Å². The molecule has 2 heterocycles. The second-order valence-electron chi connectivity index (χ2n) is 7.65. The summed E-state index contributed by atoms with van der Waals surface area (Å²) in [4.78, 5) is 32.5. The highest BCUT2D eigenvalue weighted by Gasteiger charge is 2.48. The van der Waals surface area contributed by atoms with Crippen LogP contribution in [0.4, 0.5) is 5.13 Å². The number of amides is 1. The monoisotopic (exact) mass is 490 g/mol. The van der Waals surface area contributed by atoms with Gasteiger partial charge < -0.3 is 9.84 Å². The number of ether oxygens (including phenoxy) is 1. The molecule has 0 radical (unpaired) electrons. The second kappa shape index (κ2) is 8.93. The zero-order chi connectivity index (χ0) is 23.8. The zero-order valence-corrected chi connectivity index (χ0v) is 19.6. The average molecular weight is 491 g/mol. The van der Waals surface area contributed by atoms with Crippen molar-refractivity contribution >= 4 is 55.7 Å². The van der Waals surface area contributed by atoms with Gasteiger partial charge in [0.1, 0.15) is 11.5 Å². The highest BCUT2D eigenvalue weighted by Crippen LogP contribution is 2.44. The van der Waals surface area contributed by atoms with E-state index in [4.69, 9.17) is 16.3 Å². The van der Waals surface area contributed by atoms with Gasteiger partial charge in [0.25, 0.3) is 5.78 Å². The molecule has 3 aromatic carbocycles. The van der Waals surface area contributed by atoms with Crippen molar-refractivity contribution in [3.05, 3.63) is 94.5 Å². The van der Waals surface area contributed by atoms with Crippen LogP contribution in [-0.4, -0.2) is 28.4 Å². The van der Waals surface area contributed by atoms with E-state index in [0.717, 1.165) is 4.70 Å². The van der Waals surface area contributed by atoms with Gasteiger partial charge in [-0.15, -0.1) is 0 Å². The normalized spacial score (nSPS) is 17.5. The molecule has 1 atom stereocenters. The summed E-state index contributed by atoms with van der Waals surface area (Å²) in [5, 5.41) is 12.0. The van der Waals surface area contributed by atoms with Crippen LogP contribution in [0.3, 0.4) is 0 Å². The number of benzene rings is 3. The first-order chi connectivity index (χ1) is 16.5. The number of halogens is 1. The Labute approximate surface area is 204 Å². The van der Waals surface area contributed by atoms with Crippen molar-refractivity contribution in [1.82, 2.24) is 4.98 Å². The number of aromatic nitrogens is 1. The number of aliphatic hydroxyl groups excluding tert-OH is 1. The fraction of sp³-hybridized carbons (Fsp3) is 0.115. The van der Waals surface area contributed by atoms with Gasteiger partial charge in [0.2, 0.25) is 0 Å². The maximum Gasteiger partial charge on any atom is 0.301 e. The van der Waals surface area contributed by atoms with E-state index in [1.807, 2.05) is 31.2 Å². The van der Waals surface area contributed by atoms with Gasteiger partial charge in [-0.2, -0.15) is 0 Å². The molecular weight excluding hydrogens is 472 g/mol. The number of carbonyl (C=O) groups is 2. The summed E-state index contributed by atoms with van der Waals surface area (Å²) in [6.45, 7) is 2.43. The SMILES string of the molecule is CCOc1ccc2nc(N3C(=O)C(=O)C(=C(O)c4ccccc4)[C@@H]3c3ccc(Cl)cc3)sc2c1. The predicted molar refractivity (Wildman–Crippen MR) is 133 cm³/mol. The topological polar surface area (TPSA) is 79.7 Å². The fourth-order valence-electron chi connectivity index (χ4n) is 3.99. The lowest BCUT2D eigenvalue weighted by molar-refractivity contribution is -0.132. The van der Waals surface area contributed by atoms with Crippen LogP contribution in [0.25, 0.3) is 16.0 Å². The molecule has 8 heteroatoms. The molecular formula is C26H19ClN2O4S. The third-order valence-electron chi connectivity index (χ3n) is 5.54. The van der Waals surface area contributed by atoms with Crippen molar-refractivity contribution in [2.24, 2.45) is 0 Å². The minimum Gasteiger partial charge on any atom is -0.507 e. The van der Waals surface area contributed by atoms with Gasteiger partial charge in [0.15, 0.2) is 5.13 Å². The highest BCUT2D eigenvalue weighted by molar-refractivity contribution is 7.22. The number of fused-ring (bicyclic) bond motifs is 1. The van der Waals surface area contributed by atoms with Crippen LogP contribution in [0.1, 0.15) is 24.1 Å². The van der Waals surface area contributed by atoms with Crippen molar-refractivity contribution in [1.29, 1.82) is 0 Å². The lowest BCUT2D eigenvalue weighted by Gasteiger charge is -2.23. The third-order valence-corrected chi connectivity index (χ3v) is 6.81. The van der Waals surface area contributed by atoms with Gasteiger partial charge in [0, 0.05) is 10.6 Å². The van der Waals surface area contributed by atoms with Crippen molar-refractivity contribution in [3.63, 3.8) is 0 Å². The molecule has 1 aliphatic rings. The smallest absolute Gasteiger partial charge is 0.301 e. The van der Waals surface area contributed by atoms with E-state index in [-0.39, 0.29) is 11.3 Å². The number of hydrogen-bond donors (Lipinski definition) is 1. The number of aliphatic hydroxyl groups is 1. The summed E-state index contributed by atoms with van der Waals surface area (Å²) in [5.41, 5.74) is 1.77. The molecule has 1 N–H and O–H groups in total. The van der Waals surface area contributed by atoms with E-state index < -0.39 is 17.7 Å². The van der Waals surface area contributed by atoms with Crippen LogP contribution in [0.5, 0.6) is 5.75 Å². The number of carbonyl (C=O) groups excluding carboxylic acids is 2. The van der Waals surface area contributed by atoms with E-state index in [2.05, 4.69) is 4.98 Å². The number of rotatable bonds is 5. The molecule has 1 aliphatic heterocycles. The molecule has 0 saturated carbocycles. The third kappa shape index (κ3) is 3.83. The zero-order valence-electron chi connectivity index (χ0n) is 18.1. The van der Waals surface area contributed by atoms with E-state index in [9.17, 15) is 14.7 Å². The lowest BCUT2D eigenvalue weighted by Crippen LogP contribution is -2.29. The maximum atomic E-state index is 13.3. The van der Waals surface area contributed by atoms with E-state index in [0.29, 0.717) is 39.2 Å². The molecule has 6 nitrogen and oxygen atoms in total. The van der Waals surface area contributed by atoms with Crippen LogP contribution in [0, 0.1) is 0 Å². The van der Waals surface area contributed by atoms with Crippen LogP contribution in [0.15, 0.2) is 78.4 Å². The quantitative estimate of drug-likeness (QED) is 0.211. The molecule has 0 unspecified atom stereocenters. The van der Waals surface area contributed by atoms with Crippen molar-refractivity contribution in [2.45, 2.75) is 13.0 Å². The van der Waals surface area contributed by atoms with Gasteiger partial charge in [-0.05, 0) is 42.8 Å². The Morgan fingerprint density at radius 3 is 2.53 bits per heavy atom. The molecule has 34 heavy (non-hydrogen) atoms. The number of hydrogen-bond acceptors (Lipinski definition) is 6. The van der Waals surface area contributed by atoms with E-state index in [1.54, 1.807) is 48.5 Å². The summed E-state index contributed by atoms with van der Waals surface area (Å²) in [5.74, 6) is -1.05. The van der Waals surface area contributed by atoms with Gasteiger partial charge in [0.05, 0.1) is 28.4 Å². The molecule has 1 saturated heterocycles. The first-order valence-electron chi connectivity index (χ1n) is 10.6. The molecule has 0 bridgehead atoms. The second-order valence-corrected chi connectivity index (χ2v) is 9.09. The molecule has 0 spiro atoms. The van der Waals surface area contributed by atoms with Gasteiger partial charge in [-0.1, -0.05) is 65.4 Å². The molecule has 5 rings (SSSR count). The number of ketones is 1. The number of anilines is 1. The minimum absolute atomic E-state index is 0.00721. The van der Waals surface area contributed by atoms with Crippen molar-refractivity contribution < 1.29 is 19.4 Å². The Kier molecular flexibility index (Phi) is 5.81. The van der Waals surface area contributed by atoms with Gasteiger partial charge in [-0.25, -0.2) is 4.98 Å². The van der Waals surface area contributed by atoms with Crippen LogP contribution in [-0.2, 0) is 9.59 Å². The summed E-state index contributed by atoms with van der Waals surface area (Å²) in [7, 11) is 0. The predicted octanol–water partition coefficient (Wildman–Crippen LogP) is 5.97. The summed E-state index contributed by atoms with van der Waals surface area (Å²) in [6.07, 6.45) is 0. The largest absolute Gasteiger partial charge is 0.507 e. The Balaban J connectivity index is 1.69. The van der Waals surface area contributed by atoms with Crippen LogP contribution in [0.2, 0.25) is 5.02 Å². The Morgan fingerprint density at radius 1 is 1.09 bits per heavy atom. The Bertz CT molecular complexity index is 1430. The Hall–Kier alpha value is -3.68. The highest BCUT2D eigenvalue weighted by atomic mass is 35.5. The van der Waals surface area contributed by atoms with Crippen molar-refractivity contribution in [2.75, 3.05) is 11.5 Å². The molecule has 1 aromatic heterocycles. The molecule has 1 fully saturated rings. The number of nitrogens with zero attached hydrogens (tertiary/aromatic N) is 2. The summed E-state index contributed by atoms with van der Waals surface area (Å²) in [6, 6.07) is 20.2. The standard InChI is InChI=1S/C26H19ClN2O4S/c1-2-33-18-12-13-19-20(14-18)34-26(28-19)29-22(15-8-10-17(27)11-9-15)21(24(31)25(29)32)23(30)16-6-4-3-5-7-16/h3-14,22,30H,2H2,1H3/t22-/m0/s1. The lowest BCUT2D eigenvalue weighted by atomic mass is 9.95. The first kappa shape index (κ1) is 22.1. The van der Waals surface area contributed by atoms with Crippen molar-refractivity contribution in [3.8, 4) is 5.75 Å². The Morgan fingerprint density at radius 2 is 1.82 bits per heavy atom. The van der Waals surface area contributed by atoms with Gasteiger partial charge in [-0.3, -0.25) is 14.5 Å².